The van der Waals surface area contributed by atoms with Crippen molar-refractivity contribution in [2.75, 3.05) is 0 Å². The lowest BCUT2D eigenvalue weighted by atomic mass is 10.0. The summed E-state index contributed by atoms with van der Waals surface area (Å²) >= 11 is 0. The standard InChI is InChI=1S/C8H12F5O3P/c9-7(10,11)8(12,13)16-17(14,15)6-4-2-1-3-5-6/h6H,1-5H2,(H,14,15). The van der Waals surface area contributed by atoms with E-state index < -0.39 is 25.5 Å². The third kappa shape index (κ3) is 3.63. The summed E-state index contributed by atoms with van der Waals surface area (Å²) in [5.41, 5.74) is -1.13. The minimum Gasteiger partial charge on any atom is -0.324 e. The van der Waals surface area contributed by atoms with Crippen molar-refractivity contribution in [2.45, 2.75) is 50.0 Å². The number of rotatable bonds is 3. The molecule has 0 saturated heterocycles. The van der Waals surface area contributed by atoms with Crippen LogP contribution in [0.25, 0.3) is 0 Å². The van der Waals surface area contributed by atoms with E-state index >= 15 is 0 Å². The van der Waals surface area contributed by atoms with Crippen LogP contribution in [-0.2, 0) is 9.09 Å². The molecule has 0 aliphatic heterocycles. The Morgan fingerprint density at radius 2 is 1.53 bits per heavy atom. The summed E-state index contributed by atoms with van der Waals surface area (Å²) in [6.45, 7) is 0. The van der Waals surface area contributed by atoms with Crippen LogP contribution in [0, 0.1) is 0 Å². The predicted molar refractivity (Wildman–Crippen MR) is 48.8 cm³/mol. The third-order valence-electron chi connectivity index (χ3n) is 2.61. The molecular formula is C8H12F5O3P. The topological polar surface area (TPSA) is 46.5 Å². The molecule has 0 radical (unpaired) electrons. The SMILES string of the molecule is O=P(O)(OC(F)(F)C(F)(F)F)C1CCCCC1. The highest BCUT2D eigenvalue weighted by molar-refractivity contribution is 7.53. The zero-order chi connectivity index (χ0) is 13.3. The zero-order valence-corrected chi connectivity index (χ0v) is 9.61. The minimum absolute atomic E-state index is 0.127. The normalized spacial score (nSPS) is 23.4. The Morgan fingerprint density at radius 1 is 1.06 bits per heavy atom. The minimum atomic E-state index is -5.99. The molecule has 0 heterocycles. The maximum atomic E-state index is 12.5. The van der Waals surface area contributed by atoms with E-state index in [9.17, 15) is 31.4 Å². The summed E-state index contributed by atoms with van der Waals surface area (Å²) in [6, 6.07) is 0. The maximum absolute atomic E-state index is 12.5. The van der Waals surface area contributed by atoms with Crippen molar-refractivity contribution in [1.29, 1.82) is 0 Å². The van der Waals surface area contributed by atoms with Gasteiger partial charge in [0, 0.05) is 0 Å². The second kappa shape index (κ2) is 4.82. The lowest BCUT2D eigenvalue weighted by Gasteiger charge is -2.29. The molecule has 17 heavy (non-hydrogen) atoms. The van der Waals surface area contributed by atoms with Crippen LogP contribution in [-0.4, -0.2) is 22.8 Å². The Labute approximate surface area is 94.5 Å². The van der Waals surface area contributed by atoms with Crippen molar-refractivity contribution < 1.29 is 35.9 Å². The monoisotopic (exact) mass is 282 g/mol. The predicted octanol–water partition coefficient (Wildman–Crippen LogP) is 3.68. The fraction of sp³-hybridized carbons (Fsp3) is 1.00. The van der Waals surface area contributed by atoms with Gasteiger partial charge < -0.3 is 4.89 Å². The summed E-state index contributed by atoms with van der Waals surface area (Å²) in [4.78, 5) is 9.19. The molecule has 0 aromatic heterocycles. The molecule has 1 atom stereocenters. The number of alkyl halides is 5. The summed E-state index contributed by atoms with van der Waals surface area (Å²) in [7, 11) is -4.96. The molecule has 1 unspecified atom stereocenters. The lowest BCUT2D eigenvalue weighted by molar-refractivity contribution is -0.363. The fourth-order valence-electron chi connectivity index (χ4n) is 1.70. The zero-order valence-electron chi connectivity index (χ0n) is 8.71. The molecule has 0 aromatic rings. The highest BCUT2D eigenvalue weighted by Gasteiger charge is 2.63. The number of hydrogen-bond donors (Lipinski definition) is 1. The summed E-state index contributed by atoms with van der Waals surface area (Å²) in [5.74, 6) is 0. The van der Waals surface area contributed by atoms with Crippen molar-refractivity contribution >= 4 is 7.60 Å². The second-order valence-electron chi connectivity index (χ2n) is 3.96. The first-order chi connectivity index (χ1) is 7.56. The highest BCUT2D eigenvalue weighted by Crippen LogP contribution is 2.58. The molecule has 0 bridgehead atoms. The molecule has 1 aliphatic rings. The molecule has 1 fully saturated rings. The summed E-state index contributed by atoms with van der Waals surface area (Å²) < 4.78 is 75.0. The van der Waals surface area contributed by atoms with E-state index in [1.54, 1.807) is 0 Å². The van der Waals surface area contributed by atoms with Crippen LogP contribution >= 0.6 is 7.60 Å². The molecule has 102 valence electrons. The fourth-order valence-corrected chi connectivity index (χ4v) is 3.30. The molecule has 1 N–H and O–H groups in total. The summed E-state index contributed by atoms with van der Waals surface area (Å²) in [6.07, 6.45) is -9.50. The van der Waals surface area contributed by atoms with Gasteiger partial charge in [-0.3, -0.25) is 4.57 Å². The van der Waals surface area contributed by atoms with Gasteiger partial charge in [0.25, 0.3) is 0 Å². The molecule has 0 amide bonds. The average molecular weight is 282 g/mol. The van der Waals surface area contributed by atoms with Gasteiger partial charge in [-0.25, -0.2) is 4.52 Å². The smallest absolute Gasteiger partial charge is 0.324 e. The van der Waals surface area contributed by atoms with Gasteiger partial charge in [0.05, 0.1) is 5.66 Å². The van der Waals surface area contributed by atoms with Crippen LogP contribution in [0.15, 0.2) is 0 Å². The van der Waals surface area contributed by atoms with Crippen LogP contribution in [0.1, 0.15) is 32.1 Å². The van der Waals surface area contributed by atoms with E-state index in [1.165, 1.54) is 0 Å². The quantitative estimate of drug-likeness (QED) is 0.634. The first kappa shape index (κ1) is 14.9. The molecule has 1 rings (SSSR count). The van der Waals surface area contributed by atoms with Crippen molar-refractivity contribution in [3.63, 3.8) is 0 Å². The van der Waals surface area contributed by atoms with E-state index in [-0.39, 0.29) is 12.8 Å². The van der Waals surface area contributed by atoms with Gasteiger partial charge in [-0.2, -0.15) is 22.0 Å². The van der Waals surface area contributed by atoms with Gasteiger partial charge in [-0.15, -0.1) is 0 Å². The van der Waals surface area contributed by atoms with E-state index in [4.69, 9.17) is 0 Å². The number of hydrogen-bond acceptors (Lipinski definition) is 2. The van der Waals surface area contributed by atoms with E-state index in [0.29, 0.717) is 12.8 Å². The molecular weight excluding hydrogens is 270 g/mol. The van der Waals surface area contributed by atoms with Gasteiger partial charge in [0.2, 0.25) is 0 Å². The van der Waals surface area contributed by atoms with Crippen molar-refractivity contribution in [1.82, 2.24) is 0 Å². The third-order valence-corrected chi connectivity index (χ3v) is 4.54. The van der Waals surface area contributed by atoms with Gasteiger partial charge in [-0.1, -0.05) is 19.3 Å². The van der Waals surface area contributed by atoms with E-state index in [1.807, 2.05) is 0 Å². The van der Waals surface area contributed by atoms with Crippen LogP contribution < -0.4 is 0 Å². The molecule has 0 spiro atoms. The van der Waals surface area contributed by atoms with Gasteiger partial charge in [-0.05, 0) is 12.8 Å². The first-order valence-corrected chi connectivity index (χ1v) is 6.69. The average Bonchev–Trinajstić information content (AvgIpc) is 2.15. The van der Waals surface area contributed by atoms with Gasteiger partial charge in [0.15, 0.2) is 0 Å². The molecule has 1 aliphatic carbocycles. The Balaban J connectivity index is 2.75. The van der Waals surface area contributed by atoms with E-state index in [2.05, 4.69) is 4.52 Å². The molecule has 0 aromatic carbocycles. The van der Waals surface area contributed by atoms with Crippen LogP contribution in [0.2, 0.25) is 0 Å². The maximum Gasteiger partial charge on any atom is 0.483 e. The van der Waals surface area contributed by atoms with Crippen LogP contribution in [0.5, 0.6) is 0 Å². The highest BCUT2D eigenvalue weighted by atomic mass is 31.2. The lowest BCUT2D eigenvalue weighted by Crippen LogP contribution is -2.39. The Hall–Kier alpha value is -0.200. The van der Waals surface area contributed by atoms with Gasteiger partial charge in [0.1, 0.15) is 0 Å². The van der Waals surface area contributed by atoms with Crippen LogP contribution in [0.4, 0.5) is 22.0 Å². The van der Waals surface area contributed by atoms with Crippen molar-refractivity contribution in [2.24, 2.45) is 0 Å². The summed E-state index contributed by atoms with van der Waals surface area (Å²) in [5, 5.41) is 0. The van der Waals surface area contributed by atoms with Crippen LogP contribution in [0.3, 0.4) is 0 Å². The number of halogens is 5. The Morgan fingerprint density at radius 3 is 1.94 bits per heavy atom. The van der Waals surface area contributed by atoms with E-state index in [0.717, 1.165) is 6.42 Å². The Bertz CT molecular complexity index is 311. The molecule has 9 heteroatoms. The second-order valence-corrected chi connectivity index (χ2v) is 6.00. The first-order valence-electron chi connectivity index (χ1n) is 5.04. The van der Waals surface area contributed by atoms with Crippen molar-refractivity contribution in [3.8, 4) is 0 Å². The van der Waals surface area contributed by atoms with Gasteiger partial charge >= 0.3 is 19.9 Å². The molecule has 3 nitrogen and oxygen atoms in total. The largest absolute Gasteiger partial charge is 0.483 e. The molecule has 1 saturated carbocycles. The van der Waals surface area contributed by atoms with Crippen molar-refractivity contribution in [3.05, 3.63) is 0 Å². The Kier molecular flexibility index (Phi) is 4.21.